The minimum Gasteiger partial charge on any atom is -0.456 e. The molecule has 0 radical (unpaired) electrons. The first-order valence-corrected chi connectivity index (χ1v) is 17.7. The number of aliphatic imine (C=N–C) groups is 2. The zero-order valence-electron chi connectivity index (χ0n) is 29.1. The largest absolute Gasteiger partial charge is 0.456 e. The third kappa shape index (κ3) is 5.08. The number of benzene rings is 7. The Balaban J connectivity index is 1.13. The van der Waals surface area contributed by atoms with Crippen LogP contribution in [0.3, 0.4) is 0 Å². The number of furan rings is 1. The number of fused-ring (bicyclic) bond motifs is 5. The molecule has 0 amide bonds. The van der Waals surface area contributed by atoms with Gasteiger partial charge in [0.25, 0.3) is 0 Å². The number of nitrogens with one attached hydrogen (secondary N) is 1. The standard InChI is InChI=1S/C46H33N5O2/c1-50-38-23-22-32(26-39(38)51(2)46(50)52)29-16-10-17-33(24-29)44-47-43(28-12-4-3-5-13-28)48-45(49-44)36-19-9-8-18-34(36)35-20-11-21-40-42(35)37-25-30-14-6-7-15-31(30)27-41(37)53-40/h3-27,43H,1-2H3,(H,47,48,49). The van der Waals surface area contributed by atoms with Crippen LogP contribution in [0.5, 0.6) is 0 Å². The molecule has 0 fully saturated rings. The molecule has 0 spiro atoms. The van der Waals surface area contributed by atoms with E-state index in [0.29, 0.717) is 5.84 Å². The number of nitrogens with zero attached hydrogens (tertiary/aromatic N) is 4. The fourth-order valence-corrected chi connectivity index (χ4v) is 7.70. The molecule has 0 saturated carbocycles. The second-order valence-electron chi connectivity index (χ2n) is 13.6. The third-order valence-corrected chi connectivity index (χ3v) is 10.4. The molecule has 1 aliphatic heterocycles. The fraction of sp³-hybridized carbons (Fsp3) is 0.0652. The molecule has 53 heavy (non-hydrogen) atoms. The number of aryl methyl sites for hydroxylation is 2. The molecular weight excluding hydrogens is 655 g/mol. The van der Waals surface area contributed by atoms with Gasteiger partial charge in [-0.05, 0) is 75.0 Å². The summed E-state index contributed by atoms with van der Waals surface area (Å²) in [6.07, 6.45) is -0.359. The van der Waals surface area contributed by atoms with E-state index in [1.807, 2.05) is 49.5 Å². The van der Waals surface area contributed by atoms with Crippen molar-refractivity contribution in [1.82, 2.24) is 14.5 Å². The van der Waals surface area contributed by atoms with Crippen molar-refractivity contribution >= 4 is 55.4 Å². The lowest BCUT2D eigenvalue weighted by Crippen LogP contribution is -2.33. The number of rotatable bonds is 5. The van der Waals surface area contributed by atoms with Gasteiger partial charge in [-0.25, -0.2) is 14.8 Å². The highest BCUT2D eigenvalue weighted by Gasteiger charge is 2.24. The summed E-state index contributed by atoms with van der Waals surface area (Å²) in [5.41, 5.74) is 10.5. The molecule has 1 aliphatic rings. The molecular formula is C46H33N5O2. The molecule has 10 rings (SSSR count). The average molecular weight is 688 g/mol. The van der Waals surface area contributed by atoms with Crippen LogP contribution in [0.2, 0.25) is 0 Å². The summed E-state index contributed by atoms with van der Waals surface area (Å²) < 4.78 is 9.82. The molecule has 7 nitrogen and oxygen atoms in total. The van der Waals surface area contributed by atoms with Crippen molar-refractivity contribution in [3.63, 3.8) is 0 Å². The molecule has 0 aliphatic carbocycles. The lowest BCUT2D eigenvalue weighted by molar-refractivity contribution is 0.669. The molecule has 7 aromatic carbocycles. The summed E-state index contributed by atoms with van der Waals surface area (Å²) in [4.78, 5) is 23.2. The first-order chi connectivity index (χ1) is 26.0. The summed E-state index contributed by atoms with van der Waals surface area (Å²) in [6, 6.07) is 52.2. The molecule has 1 unspecified atom stereocenters. The number of hydrogen-bond donors (Lipinski definition) is 1. The van der Waals surface area contributed by atoms with Crippen molar-refractivity contribution < 1.29 is 4.42 Å². The van der Waals surface area contributed by atoms with Crippen molar-refractivity contribution in [3.8, 4) is 22.3 Å². The van der Waals surface area contributed by atoms with E-state index < -0.39 is 0 Å². The molecule has 0 saturated heterocycles. The highest BCUT2D eigenvalue weighted by molar-refractivity contribution is 6.20. The summed E-state index contributed by atoms with van der Waals surface area (Å²) >= 11 is 0. The molecule has 1 N–H and O–H groups in total. The van der Waals surface area contributed by atoms with Gasteiger partial charge < -0.3 is 9.73 Å². The Morgan fingerprint density at radius 3 is 2.11 bits per heavy atom. The van der Waals surface area contributed by atoms with Crippen molar-refractivity contribution in [2.24, 2.45) is 24.1 Å². The Morgan fingerprint density at radius 1 is 0.585 bits per heavy atom. The van der Waals surface area contributed by atoms with Gasteiger partial charge in [0.05, 0.1) is 11.0 Å². The van der Waals surface area contributed by atoms with Gasteiger partial charge >= 0.3 is 5.69 Å². The van der Waals surface area contributed by atoms with Crippen LogP contribution in [0.1, 0.15) is 22.9 Å². The maximum atomic E-state index is 12.6. The van der Waals surface area contributed by atoms with E-state index in [1.54, 1.807) is 16.2 Å². The number of imidazole rings is 1. The highest BCUT2D eigenvalue weighted by Crippen LogP contribution is 2.40. The van der Waals surface area contributed by atoms with Gasteiger partial charge in [-0.15, -0.1) is 0 Å². The third-order valence-electron chi connectivity index (χ3n) is 10.4. The van der Waals surface area contributed by atoms with Gasteiger partial charge in [0.2, 0.25) is 0 Å². The van der Waals surface area contributed by atoms with E-state index in [9.17, 15) is 4.79 Å². The van der Waals surface area contributed by atoms with Gasteiger partial charge in [0, 0.05) is 36.0 Å². The molecule has 0 bridgehead atoms. The van der Waals surface area contributed by atoms with E-state index in [0.717, 1.165) is 83.1 Å². The average Bonchev–Trinajstić information content (AvgIpc) is 3.69. The van der Waals surface area contributed by atoms with Gasteiger partial charge in [-0.1, -0.05) is 115 Å². The van der Waals surface area contributed by atoms with Crippen LogP contribution in [-0.4, -0.2) is 20.8 Å². The Kier molecular flexibility index (Phi) is 7.01. The molecule has 254 valence electrons. The van der Waals surface area contributed by atoms with Gasteiger partial charge in [0.1, 0.15) is 23.2 Å². The van der Waals surface area contributed by atoms with E-state index in [4.69, 9.17) is 14.4 Å². The number of aromatic nitrogens is 2. The van der Waals surface area contributed by atoms with Crippen LogP contribution in [-0.2, 0) is 14.1 Å². The normalized spacial score (nSPS) is 14.5. The Labute approximate surface area is 304 Å². The smallest absolute Gasteiger partial charge is 0.328 e. The number of amidine groups is 2. The molecule has 7 heteroatoms. The van der Waals surface area contributed by atoms with Crippen molar-refractivity contribution in [1.29, 1.82) is 0 Å². The van der Waals surface area contributed by atoms with Gasteiger partial charge in [0.15, 0.2) is 5.84 Å². The van der Waals surface area contributed by atoms with Crippen LogP contribution in [0.25, 0.3) is 66.0 Å². The summed E-state index contributed by atoms with van der Waals surface area (Å²) in [7, 11) is 3.61. The van der Waals surface area contributed by atoms with Crippen LogP contribution in [0.4, 0.5) is 0 Å². The zero-order valence-corrected chi connectivity index (χ0v) is 29.1. The quantitative estimate of drug-likeness (QED) is 0.196. The second-order valence-corrected chi connectivity index (χ2v) is 13.6. The van der Waals surface area contributed by atoms with E-state index in [-0.39, 0.29) is 11.9 Å². The van der Waals surface area contributed by atoms with Crippen LogP contribution < -0.4 is 11.0 Å². The van der Waals surface area contributed by atoms with Crippen LogP contribution in [0, 0.1) is 0 Å². The Morgan fingerprint density at radius 2 is 1.26 bits per heavy atom. The highest BCUT2D eigenvalue weighted by atomic mass is 16.3. The zero-order chi connectivity index (χ0) is 35.6. The maximum absolute atomic E-state index is 12.6. The van der Waals surface area contributed by atoms with Gasteiger partial charge in [-0.3, -0.25) is 9.13 Å². The summed E-state index contributed by atoms with van der Waals surface area (Å²) in [5.74, 6) is 1.37. The lowest BCUT2D eigenvalue weighted by Gasteiger charge is -2.24. The molecule has 9 aromatic rings. The van der Waals surface area contributed by atoms with Crippen molar-refractivity contribution in [2.75, 3.05) is 0 Å². The summed E-state index contributed by atoms with van der Waals surface area (Å²) in [6.45, 7) is 0. The van der Waals surface area contributed by atoms with Crippen LogP contribution in [0.15, 0.2) is 171 Å². The van der Waals surface area contributed by atoms with Crippen LogP contribution >= 0.6 is 0 Å². The van der Waals surface area contributed by atoms with Gasteiger partial charge in [-0.2, -0.15) is 0 Å². The minimum atomic E-state index is -0.359. The van der Waals surface area contributed by atoms with Crippen molar-refractivity contribution in [2.45, 2.75) is 6.17 Å². The number of hydrogen-bond acceptors (Lipinski definition) is 5. The Bertz CT molecular complexity index is 3040. The molecule has 3 heterocycles. The van der Waals surface area contributed by atoms with Crippen molar-refractivity contribution in [3.05, 3.63) is 179 Å². The first-order valence-electron chi connectivity index (χ1n) is 17.7. The Hall–Kier alpha value is -6.99. The van der Waals surface area contributed by atoms with E-state index in [1.165, 1.54) is 5.39 Å². The molecule has 2 aromatic heterocycles. The predicted octanol–water partition coefficient (Wildman–Crippen LogP) is 9.76. The first kappa shape index (κ1) is 30.8. The topological polar surface area (TPSA) is 76.8 Å². The van der Waals surface area contributed by atoms with E-state index in [2.05, 4.69) is 115 Å². The maximum Gasteiger partial charge on any atom is 0.328 e. The molecule has 1 atom stereocenters. The lowest BCUT2D eigenvalue weighted by atomic mass is 9.94. The van der Waals surface area contributed by atoms with E-state index >= 15 is 0 Å². The predicted molar refractivity (Wildman–Crippen MR) is 216 cm³/mol. The summed E-state index contributed by atoms with van der Waals surface area (Å²) in [5, 5.41) is 8.10. The fourth-order valence-electron chi connectivity index (χ4n) is 7.70. The SMILES string of the molecule is Cn1c(=O)n(C)c2cc(-c3cccc(C4=NC(c5ccccc5-c5cccc6oc7cc8ccccc8cc7c56)=NC(c5ccccc5)N4)c3)ccc21. The minimum absolute atomic E-state index is 0.0450. The monoisotopic (exact) mass is 687 g/mol. The second kappa shape index (κ2) is 12.1.